The predicted molar refractivity (Wildman–Crippen MR) is 150 cm³/mol. The number of fused-ring (bicyclic) bond motifs is 6. The lowest BCUT2D eigenvalue weighted by Gasteiger charge is -2.39. The minimum Gasteiger partial charge on any atom is -0.486 e. The van der Waals surface area contributed by atoms with Gasteiger partial charge in [0.05, 0.1) is 12.5 Å². The summed E-state index contributed by atoms with van der Waals surface area (Å²) >= 11 is 3.29. The summed E-state index contributed by atoms with van der Waals surface area (Å²) in [4.78, 5) is 29.4. The summed E-state index contributed by atoms with van der Waals surface area (Å²) in [5, 5.41) is 16.7. The fourth-order valence-electron chi connectivity index (χ4n) is 6.86. The molecule has 0 saturated carbocycles. The number of benzene rings is 4. The lowest BCUT2D eigenvalue weighted by molar-refractivity contribution is -0.580. The second-order valence-corrected chi connectivity index (χ2v) is 11.4. The fourth-order valence-corrected chi connectivity index (χ4v) is 7.19. The van der Waals surface area contributed by atoms with Gasteiger partial charge in [0, 0.05) is 31.8 Å². The highest BCUT2D eigenvalue weighted by atomic mass is 79.9. The monoisotopic (exact) mass is 599 g/mol. The summed E-state index contributed by atoms with van der Waals surface area (Å²) in [5.41, 5.74) is -0.550. The molecule has 0 unspecified atom stereocenters. The van der Waals surface area contributed by atoms with E-state index in [2.05, 4.69) is 21.2 Å². The molecule has 1 fully saturated rings. The van der Waals surface area contributed by atoms with Crippen LogP contribution in [0, 0.1) is 15.9 Å². The molecule has 200 valence electrons. The van der Waals surface area contributed by atoms with E-state index in [0.29, 0.717) is 27.0 Å². The van der Waals surface area contributed by atoms with Crippen LogP contribution < -0.4 is 15.0 Å². The van der Waals surface area contributed by atoms with Crippen LogP contribution in [0.4, 0.5) is 10.1 Å². The minimum atomic E-state index is -1.88. The quantitative estimate of drug-likeness (QED) is 0.234. The predicted octanol–water partition coefficient (Wildman–Crippen LogP) is 5.87. The van der Waals surface area contributed by atoms with Crippen molar-refractivity contribution in [2.75, 3.05) is 11.5 Å². The molecule has 4 atom stereocenters. The first-order chi connectivity index (χ1) is 19.4. The van der Waals surface area contributed by atoms with Crippen LogP contribution in [0.2, 0.25) is 0 Å². The van der Waals surface area contributed by atoms with Gasteiger partial charge in [-0.3, -0.25) is 20.2 Å². The summed E-state index contributed by atoms with van der Waals surface area (Å²) in [6.45, 7) is -0.0432. The second kappa shape index (κ2) is 8.97. The van der Waals surface area contributed by atoms with Gasteiger partial charge in [0.1, 0.15) is 23.1 Å². The number of rotatable bonds is 4. The van der Waals surface area contributed by atoms with Gasteiger partial charge in [-0.25, -0.2) is 4.39 Å². The van der Waals surface area contributed by atoms with Gasteiger partial charge in [-0.1, -0.05) is 88.7 Å². The Balaban J connectivity index is 1.51. The molecule has 0 aromatic heterocycles. The Labute approximate surface area is 237 Å². The van der Waals surface area contributed by atoms with Crippen molar-refractivity contribution in [3.63, 3.8) is 0 Å². The number of anilines is 1. The third-order valence-electron chi connectivity index (χ3n) is 8.49. The summed E-state index contributed by atoms with van der Waals surface area (Å²) in [6.07, 6.45) is 0. The lowest BCUT2D eigenvalue weighted by Crippen LogP contribution is -2.56. The summed E-state index contributed by atoms with van der Waals surface area (Å²) in [6, 6.07) is 27.4. The zero-order chi connectivity index (χ0) is 27.6. The van der Waals surface area contributed by atoms with Crippen LogP contribution in [-0.2, 0) is 16.9 Å². The van der Waals surface area contributed by atoms with Crippen molar-refractivity contribution in [1.29, 1.82) is 0 Å². The molecule has 4 aromatic carbocycles. The second-order valence-electron chi connectivity index (χ2n) is 10.5. The van der Waals surface area contributed by atoms with Gasteiger partial charge in [-0.15, -0.1) is 0 Å². The molecule has 9 heteroatoms. The van der Waals surface area contributed by atoms with Crippen molar-refractivity contribution in [1.82, 2.24) is 5.32 Å². The van der Waals surface area contributed by atoms with Crippen molar-refractivity contribution in [3.8, 4) is 5.75 Å². The van der Waals surface area contributed by atoms with Crippen molar-refractivity contribution >= 4 is 27.5 Å². The number of nitrogens with zero attached hydrogens (tertiary/aromatic N) is 2. The van der Waals surface area contributed by atoms with Crippen LogP contribution in [0.1, 0.15) is 34.2 Å². The van der Waals surface area contributed by atoms with E-state index < -0.39 is 28.9 Å². The number of nitro groups is 1. The minimum absolute atomic E-state index is 0.108. The van der Waals surface area contributed by atoms with Crippen LogP contribution in [-0.4, -0.2) is 23.0 Å². The number of hydrogen-bond donors (Lipinski definition) is 1. The highest BCUT2D eigenvalue weighted by Crippen LogP contribution is 2.64. The van der Waals surface area contributed by atoms with E-state index in [9.17, 15) is 14.9 Å². The van der Waals surface area contributed by atoms with Crippen molar-refractivity contribution in [3.05, 3.63) is 140 Å². The molecule has 7 rings (SSSR count). The number of nitrogens with one attached hydrogen (secondary N) is 1. The van der Waals surface area contributed by atoms with Gasteiger partial charge in [0.25, 0.3) is 11.4 Å². The van der Waals surface area contributed by atoms with E-state index in [-0.39, 0.29) is 29.5 Å². The number of amides is 1. The van der Waals surface area contributed by atoms with E-state index in [1.807, 2.05) is 54.6 Å². The van der Waals surface area contributed by atoms with E-state index in [1.165, 1.54) is 12.1 Å². The average molecular weight is 600 g/mol. The molecule has 1 N–H and O–H groups in total. The summed E-state index contributed by atoms with van der Waals surface area (Å²) < 4.78 is 22.1. The Morgan fingerprint density at radius 3 is 2.50 bits per heavy atom. The molecule has 0 radical (unpaired) electrons. The molecular weight excluding hydrogens is 577 g/mol. The zero-order valence-electron chi connectivity index (χ0n) is 21.1. The Morgan fingerprint density at radius 1 is 1.00 bits per heavy atom. The van der Waals surface area contributed by atoms with Crippen molar-refractivity contribution in [2.45, 2.75) is 29.6 Å². The summed E-state index contributed by atoms with van der Waals surface area (Å²) in [5.74, 6) is -1.43. The number of para-hydroxylation sites is 2. The maximum atomic E-state index is 15.6. The smallest absolute Gasteiger partial charge is 0.284 e. The molecule has 3 aliphatic rings. The number of ether oxygens (including phenoxy) is 1. The van der Waals surface area contributed by atoms with Gasteiger partial charge in [0.2, 0.25) is 0 Å². The van der Waals surface area contributed by atoms with Crippen LogP contribution in [0.25, 0.3) is 0 Å². The molecular formula is C31H23BrFN3O4. The van der Waals surface area contributed by atoms with Crippen LogP contribution in [0.15, 0.2) is 102 Å². The molecule has 40 heavy (non-hydrogen) atoms. The van der Waals surface area contributed by atoms with Gasteiger partial charge in [0.15, 0.2) is 6.61 Å². The van der Waals surface area contributed by atoms with Crippen LogP contribution in [0.5, 0.6) is 5.75 Å². The molecule has 3 heterocycles. The Bertz CT molecular complexity index is 1680. The maximum Gasteiger partial charge on any atom is 0.284 e. The Morgan fingerprint density at radius 2 is 1.73 bits per heavy atom. The SMILES string of the molecule is O=C1N(Cc2ccccc2)c2ccccc2[C@]12N[C@@H](c1ccc(Br)cc1F)[C@]1([N+](=O)[O-])COc3ccccc3[C@@H]12. The van der Waals surface area contributed by atoms with Crippen molar-refractivity contribution < 1.29 is 18.8 Å². The third kappa shape index (κ3) is 3.28. The lowest BCUT2D eigenvalue weighted by atomic mass is 9.66. The number of carbonyl (C=O) groups excluding carboxylic acids is 1. The molecule has 1 saturated heterocycles. The van der Waals surface area contributed by atoms with Gasteiger partial charge in [-0.2, -0.15) is 0 Å². The van der Waals surface area contributed by atoms with Gasteiger partial charge in [-0.05, 0) is 29.8 Å². The Kier molecular flexibility index (Phi) is 5.59. The Hall–Kier alpha value is -4.08. The molecule has 7 nitrogen and oxygen atoms in total. The summed E-state index contributed by atoms with van der Waals surface area (Å²) in [7, 11) is 0. The zero-order valence-corrected chi connectivity index (χ0v) is 22.7. The number of carbonyl (C=O) groups is 1. The largest absolute Gasteiger partial charge is 0.486 e. The number of halogens is 2. The van der Waals surface area contributed by atoms with E-state index in [0.717, 1.165) is 5.56 Å². The standard InChI is InChI=1S/C31H23BrFN3O4/c32-20-14-15-21(24(33)16-20)28-30(36(38)39)18-40-26-13-7-4-10-22(26)27(30)31(34-28)23-11-5-6-12-25(23)35(29(31)37)17-19-8-2-1-3-9-19/h1-16,27-28,34H,17-18H2/t27-,28-,30-,31+/m0/s1. The first-order valence-electron chi connectivity index (χ1n) is 12.9. The third-order valence-corrected chi connectivity index (χ3v) is 8.99. The first kappa shape index (κ1) is 24.9. The molecule has 4 aromatic rings. The first-order valence-corrected chi connectivity index (χ1v) is 13.7. The van der Waals surface area contributed by atoms with Gasteiger partial charge < -0.3 is 9.64 Å². The van der Waals surface area contributed by atoms with Crippen LogP contribution in [0.3, 0.4) is 0 Å². The molecule has 1 amide bonds. The topological polar surface area (TPSA) is 84.7 Å². The van der Waals surface area contributed by atoms with Gasteiger partial charge >= 0.3 is 0 Å². The highest BCUT2D eigenvalue weighted by molar-refractivity contribution is 9.10. The maximum absolute atomic E-state index is 15.6. The molecule has 0 bridgehead atoms. The molecule has 1 spiro atoms. The molecule has 0 aliphatic carbocycles. The average Bonchev–Trinajstić information content (AvgIpc) is 3.41. The highest BCUT2D eigenvalue weighted by Gasteiger charge is 2.78. The van der Waals surface area contributed by atoms with E-state index in [4.69, 9.17) is 4.74 Å². The molecule has 3 aliphatic heterocycles. The van der Waals surface area contributed by atoms with E-state index in [1.54, 1.807) is 35.2 Å². The normalized spacial score (nSPS) is 26.2. The van der Waals surface area contributed by atoms with Crippen molar-refractivity contribution in [2.24, 2.45) is 0 Å². The van der Waals surface area contributed by atoms with E-state index >= 15 is 4.39 Å². The number of hydrogen-bond acceptors (Lipinski definition) is 5. The van der Waals surface area contributed by atoms with Crippen LogP contribution >= 0.6 is 15.9 Å². The fraction of sp³-hybridized carbons (Fsp3) is 0.194.